The number of nitrogens with zero attached hydrogens (tertiary/aromatic N) is 1. The van der Waals surface area contributed by atoms with E-state index in [2.05, 4.69) is 35.1 Å². The molecule has 0 spiro atoms. The molecule has 3 heteroatoms. The molecule has 0 unspecified atom stereocenters. The van der Waals surface area contributed by atoms with E-state index in [4.69, 9.17) is 7.85 Å². The summed E-state index contributed by atoms with van der Waals surface area (Å²) in [5.41, 5.74) is 3.45. The molecule has 0 aliphatic carbocycles. The third kappa shape index (κ3) is 1.31. The van der Waals surface area contributed by atoms with E-state index in [0.717, 1.165) is 18.4 Å². The van der Waals surface area contributed by atoms with E-state index in [1.807, 2.05) is 17.4 Å². The minimum Gasteiger partial charge on any atom is -0.340 e. The summed E-state index contributed by atoms with van der Waals surface area (Å²) in [4.78, 5) is 0. The average Bonchev–Trinajstić information content (AvgIpc) is 2.82. The molecule has 16 heavy (non-hydrogen) atoms. The molecular weight excluding hydrogens is 213 g/mol. The molecule has 1 nitrogen and oxygen atoms in total. The van der Waals surface area contributed by atoms with Crippen molar-refractivity contribution in [1.82, 2.24) is 4.57 Å². The summed E-state index contributed by atoms with van der Waals surface area (Å²) in [7, 11) is 5.87. The van der Waals surface area contributed by atoms with Crippen molar-refractivity contribution in [2.24, 2.45) is 0 Å². The zero-order valence-corrected chi connectivity index (χ0v) is 10.1. The summed E-state index contributed by atoms with van der Waals surface area (Å²) < 4.78 is 3.75. The van der Waals surface area contributed by atoms with Crippen molar-refractivity contribution >= 4 is 45.8 Å². The van der Waals surface area contributed by atoms with Gasteiger partial charge in [-0.05, 0) is 23.9 Å². The summed E-state index contributed by atoms with van der Waals surface area (Å²) in [6.45, 7) is 3.26. The number of hydrogen-bond donors (Lipinski definition) is 0. The Hall–Kier alpha value is -1.22. The standard InChI is InChI=1S/C13H12BNS/c1-2-6-15-11-5-7-16-13(11)10-4-3-9(14)8-12(10)15/h3-5,7-8H,2,6H2,1H3. The van der Waals surface area contributed by atoms with Gasteiger partial charge in [-0.1, -0.05) is 24.5 Å². The van der Waals surface area contributed by atoms with Gasteiger partial charge in [0.2, 0.25) is 0 Å². The van der Waals surface area contributed by atoms with E-state index in [0.29, 0.717) is 0 Å². The van der Waals surface area contributed by atoms with E-state index in [1.54, 1.807) is 0 Å². The maximum absolute atomic E-state index is 5.87. The third-order valence-corrected chi connectivity index (χ3v) is 3.88. The first-order chi connectivity index (χ1) is 7.81. The van der Waals surface area contributed by atoms with Gasteiger partial charge in [0.15, 0.2) is 0 Å². The first-order valence-electron chi connectivity index (χ1n) is 5.56. The molecule has 0 saturated heterocycles. The van der Waals surface area contributed by atoms with E-state index in [-0.39, 0.29) is 0 Å². The van der Waals surface area contributed by atoms with Gasteiger partial charge in [0.25, 0.3) is 0 Å². The Morgan fingerprint density at radius 2 is 2.12 bits per heavy atom. The fraction of sp³-hybridized carbons (Fsp3) is 0.231. The number of aryl methyl sites for hydroxylation is 1. The second-order valence-electron chi connectivity index (χ2n) is 4.06. The highest BCUT2D eigenvalue weighted by atomic mass is 32.1. The number of thiophene rings is 1. The van der Waals surface area contributed by atoms with Crippen LogP contribution in [0.4, 0.5) is 0 Å². The summed E-state index contributed by atoms with van der Waals surface area (Å²) in [5.74, 6) is 0. The minimum absolute atomic E-state index is 0.843. The maximum Gasteiger partial charge on any atom is 0.113 e. The van der Waals surface area contributed by atoms with E-state index in [1.165, 1.54) is 21.1 Å². The molecule has 0 atom stereocenters. The highest BCUT2D eigenvalue weighted by Gasteiger charge is 2.10. The van der Waals surface area contributed by atoms with Crippen molar-refractivity contribution in [3.8, 4) is 0 Å². The average molecular weight is 225 g/mol. The van der Waals surface area contributed by atoms with Crippen molar-refractivity contribution in [2.45, 2.75) is 19.9 Å². The minimum atomic E-state index is 0.843. The van der Waals surface area contributed by atoms with Crippen molar-refractivity contribution in [2.75, 3.05) is 0 Å². The lowest BCUT2D eigenvalue weighted by molar-refractivity contribution is 0.724. The molecule has 0 aliphatic rings. The van der Waals surface area contributed by atoms with Crippen LogP contribution in [0.15, 0.2) is 29.6 Å². The fourth-order valence-electron chi connectivity index (χ4n) is 2.27. The van der Waals surface area contributed by atoms with Crippen LogP contribution in [0.3, 0.4) is 0 Å². The summed E-state index contributed by atoms with van der Waals surface area (Å²) in [6.07, 6.45) is 1.14. The zero-order chi connectivity index (χ0) is 11.1. The van der Waals surface area contributed by atoms with Gasteiger partial charge in [-0.25, -0.2) is 0 Å². The lowest BCUT2D eigenvalue weighted by Crippen LogP contribution is -2.02. The Balaban J connectivity index is 2.45. The predicted octanol–water partition coefficient (Wildman–Crippen LogP) is 3.06. The SMILES string of the molecule is [B]c1ccc2c3sccc3n(CCC)c2c1. The van der Waals surface area contributed by atoms with Crippen LogP contribution in [0.1, 0.15) is 13.3 Å². The van der Waals surface area contributed by atoms with Crippen molar-refractivity contribution < 1.29 is 0 Å². The molecule has 0 saturated carbocycles. The Morgan fingerprint density at radius 1 is 1.25 bits per heavy atom. The van der Waals surface area contributed by atoms with Crippen LogP contribution in [0.2, 0.25) is 0 Å². The first-order valence-corrected chi connectivity index (χ1v) is 6.44. The first kappa shape index (κ1) is 9.97. The summed E-state index contributed by atoms with van der Waals surface area (Å²) in [6, 6.07) is 8.40. The zero-order valence-electron chi connectivity index (χ0n) is 9.23. The molecule has 2 heterocycles. The van der Waals surface area contributed by atoms with E-state index < -0.39 is 0 Å². The van der Waals surface area contributed by atoms with Crippen molar-refractivity contribution in [1.29, 1.82) is 0 Å². The lowest BCUT2D eigenvalue weighted by atomic mass is 9.95. The molecule has 0 amide bonds. The van der Waals surface area contributed by atoms with E-state index >= 15 is 0 Å². The number of hydrogen-bond acceptors (Lipinski definition) is 1. The lowest BCUT2D eigenvalue weighted by Gasteiger charge is -2.04. The van der Waals surface area contributed by atoms with Gasteiger partial charge >= 0.3 is 0 Å². The van der Waals surface area contributed by atoms with Gasteiger partial charge in [-0.3, -0.25) is 0 Å². The summed E-state index contributed by atoms with van der Waals surface area (Å²) in [5, 5.41) is 3.49. The quantitative estimate of drug-likeness (QED) is 0.590. The predicted molar refractivity (Wildman–Crippen MR) is 73.0 cm³/mol. The Labute approximate surface area is 100 Å². The third-order valence-electron chi connectivity index (χ3n) is 2.94. The Bertz CT molecular complexity index is 650. The number of fused-ring (bicyclic) bond motifs is 3. The van der Waals surface area contributed by atoms with Gasteiger partial charge < -0.3 is 4.57 Å². The smallest absolute Gasteiger partial charge is 0.113 e. The summed E-state index contributed by atoms with van der Waals surface area (Å²) >= 11 is 1.81. The van der Waals surface area contributed by atoms with Crippen LogP contribution in [-0.4, -0.2) is 12.4 Å². The number of aromatic nitrogens is 1. The van der Waals surface area contributed by atoms with Crippen molar-refractivity contribution in [3.05, 3.63) is 29.6 Å². The van der Waals surface area contributed by atoms with Crippen LogP contribution in [0.5, 0.6) is 0 Å². The Kier molecular flexibility index (Phi) is 2.29. The molecule has 0 fully saturated rings. The van der Waals surface area contributed by atoms with Crippen molar-refractivity contribution in [3.63, 3.8) is 0 Å². The van der Waals surface area contributed by atoms with Gasteiger partial charge in [0.1, 0.15) is 7.85 Å². The second kappa shape index (κ2) is 3.67. The molecular formula is C13H12BNS. The molecule has 3 rings (SSSR count). The van der Waals surface area contributed by atoms with E-state index in [9.17, 15) is 0 Å². The van der Waals surface area contributed by atoms with Crippen LogP contribution < -0.4 is 5.46 Å². The van der Waals surface area contributed by atoms with Crippen LogP contribution in [-0.2, 0) is 6.54 Å². The fourth-order valence-corrected chi connectivity index (χ4v) is 3.21. The van der Waals surface area contributed by atoms with Crippen LogP contribution in [0, 0.1) is 0 Å². The normalized spacial score (nSPS) is 11.6. The van der Waals surface area contributed by atoms with Gasteiger partial charge in [0.05, 0.1) is 10.2 Å². The highest BCUT2D eigenvalue weighted by Crippen LogP contribution is 2.32. The highest BCUT2D eigenvalue weighted by molar-refractivity contribution is 7.18. The molecule has 1 aromatic carbocycles. The molecule has 78 valence electrons. The molecule has 0 aliphatic heterocycles. The number of rotatable bonds is 2. The molecule has 3 aromatic rings. The second-order valence-corrected chi connectivity index (χ2v) is 4.98. The molecule has 2 aromatic heterocycles. The van der Waals surface area contributed by atoms with Gasteiger partial charge in [-0.2, -0.15) is 0 Å². The number of benzene rings is 1. The monoisotopic (exact) mass is 225 g/mol. The van der Waals surface area contributed by atoms with Crippen LogP contribution in [0.25, 0.3) is 21.1 Å². The topological polar surface area (TPSA) is 4.93 Å². The largest absolute Gasteiger partial charge is 0.340 e. The molecule has 0 N–H and O–H groups in total. The van der Waals surface area contributed by atoms with Crippen LogP contribution >= 0.6 is 11.3 Å². The van der Waals surface area contributed by atoms with Gasteiger partial charge in [-0.15, -0.1) is 11.3 Å². The molecule has 2 radical (unpaired) electrons. The molecule has 0 bridgehead atoms. The Morgan fingerprint density at radius 3 is 2.94 bits per heavy atom. The maximum atomic E-state index is 5.87. The van der Waals surface area contributed by atoms with Gasteiger partial charge in [0, 0.05) is 17.4 Å².